The van der Waals surface area contributed by atoms with E-state index >= 15 is 0 Å². The van der Waals surface area contributed by atoms with Crippen LogP contribution < -0.4 is 0 Å². The van der Waals surface area contributed by atoms with E-state index in [1.54, 1.807) is 24.0 Å². The van der Waals surface area contributed by atoms with Crippen LogP contribution in [0.2, 0.25) is 0 Å². The molecule has 16 heavy (non-hydrogen) atoms. The summed E-state index contributed by atoms with van der Waals surface area (Å²) in [6.07, 6.45) is 3.47. The van der Waals surface area contributed by atoms with Gasteiger partial charge in [0.2, 0.25) is 0 Å². The lowest BCUT2D eigenvalue weighted by Gasteiger charge is -1.96. The average molecular weight is 221 g/mol. The molecule has 0 aromatic carbocycles. The minimum atomic E-state index is -0.523. The highest BCUT2D eigenvalue weighted by Crippen LogP contribution is 1.98. The first-order chi connectivity index (χ1) is 7.79. The van der Waals surface area contributed by atoms with Gasteiger partial charge in [0.25, 0.3) is 5.82 Å². The Balaban J connectivity index is 2.05. The zero-order valence-electron chi connectivity index (χ0n) is 8.75. The van der Waals surface area contributed by atoms with Crippen molar-refractivity contribution in [3.05, 3.63) is 30.1 Å². The lowest BCUT2D eigenvalue weighted by molar-refractivity contribution is 0.0512. The molecule has 0 bridgehead atoms. The maximum atomic E-state index is 11.3. The van der Waals surface area contributed by atoms with Crippen LogP contribution in [0.5, 0.6) is 0 Å². The number of rotatable bonds is 4. The number of hydrogen-bond donors (Lipinski definition) is 1. The number of nitrogens with one attached hydrogen (secondary N) is 1. The van der Waals surface area contributed by atoms with Gasteiger partial charge in [-0.2, -0.15) is 5.10 Å². The molecule has 2 rings (SSSR count). The molecule has 0 aliphatic heterocycles. The number of carbonyl (C=O) groups excluding carboxylic acids is 1. The molecule has 0 radical (unpaired) electrons. The van der Waals surface area contributed by atoms with Crippen molar-refractivity contribution in [2.45, 2.75) is 13.5 Å². The van der Waals surface area contributed by atoms with Crippen molar-refractivity contribution in [3.8, 4) is 0 Å². The molecule has 0 atom stereocenters. The van der Waals surface area contributed by atoms with E-state index < -0.39 is 5.97 Å². The number of H-pyrrole nitrogens is 1. The number of esters is 1. The molecule has 0 fully saturated rings. The maximum absolute atomic E-state index is 11.3. The summed E-state index contributed by atoms with van der Waals surface area (Å²) < 4.78 is 6.45. The quantitative estimate of drug-likeness (QED) is 0.747. The summed E-state index contributed by atoms with van der Waals surface area (Å²) in [7, 11) is 0. The number of aromatic nitrogens is 5. The highest BCUT2D eigenvalue weighted by atomic mass is 16.5. The molecule has 0 saturated carbocycles. The van der Waals surface area contributed by atoms with Crippen molar-refractivity contribution in [1.29, 1.82) is 0 Å². The summed E-state index contributed by atoms with van der Waals surface area (Å²) in [5.41, 5.74) is 0. The van der Waals surface area contributed by atoms with Gasteiger partial charge in [-0.15, -0.1) is 5.10 Å². The Hall–Kier alpha value is -2.18. The Morgan fingerprint density at radius 1 is 1.62 bits per heavy atom. The highest BCUT2D eigenvalue weighted by molar-refractivity contribution is 5.84. The van der Waals surface area contributed by atoms with E-state index in [4.69, 9.17) is 4.74 Å². The van der Waals surface area contributed by atoms with E-state index in [0.29, 0.717) is 19.0 Å². The molecule has 2 aromatic rings. The fourth-order valence-electron chi connectivity index (χ4n) is 1.20. The second kappa shape index (κ2) is 4.56. The van der Waals surface area contributed by atoms with Crippen molar-refractivity contribution in [2.24, 2.45) is 0 Å². The molecule has 1 N–H and O–H groups in total. The smallest absolute Gasteiger partial charge is 0.378 e. The van der Waals surface area contributed by atoms with Crippen LogP contribution in [0.1, 0.15) is 23.4 Å². The van der Waals surface area contributed by atoms with Crippen molar-refractivity contribution in [2.75, 3.05) is 6.61 Å². The van der Waals surface area contributed by atoms with Gasteiger partial charge >= 0.3 is 5.97 Å². The molecule has 0 aliphatic rings. The second-order valence-electron chi connectivity index (χ2n) is 3.03. The number of aromatic amines is 1. The van der Waals surface area contributed by atoms with E-state index in [2.05, 4.69) is 20.3 Å². The van der Waals surface area contributed by atoms with Crippen molar-refractivity contribution in [1.82, 2.24) is 25.0 Å². The van der Waals surface area contributed by atoms with Gasteiger partial charge < -0.3 is 4.74 Å². The van der Waals surface area contributed by atoms with Crippen molar-refractivity contribution in [3.63, 3.8) is 0 Å². The Bertz CT molecular complexity index is 462. The third kappa shape index (κ3) is 2.25. The lowest BCUT2D eigenvalue weighted by Crippen LogP contribution is -2.07. The molecule has 84 valence electrons. The molecular formula is C9H11N5O2. The van der Waals surface area contributed by atoms with Crippen molar-refractivity contribution >= 4 is 5.97 Å². The van der Waals surface area contributed by atoms with E-state index in [-0.39, 0.29) is 5.82 Å². The predicted molar refractivity (Wildman–Crippen MR) is 53.7 cm³/mol. The van der Waals surface area contributed by atoms with Gasteiger partial charge in [-0.1, -0.05) is 0 Å². The Kier molecular flexibility index (Phi) is 2.95. The van der Waals surface area contributed by atoms with Crippen LogP contribution in [0.4, 0.5) is 0 Å². The molecule has 0 saturated heterocycles. The average Bonchev–Trinajstić information content (AvgIpc) is 2.90. The monoisotopic (exact) mass is 221 g/mol. The summed E-state index contributed by atoms with van der Waals surface area (Å²) in [5, 5.41) is 10.4. The summed E-state index contributed by atoms with van der Waals surface area (Å²) in [4.78, 5) is 15.3. The number of ether oxygens (including phenoxy) is 1. The van der Waals surface area contributed by atoms with Crippen LogP contribution in [0.25, 0.3) is 0 Å². The minimum Gasteiger partial charge on any atom is -0.460 e. The van der Waals surface area contributed by atoms with Gasteiger partial charge in [0.1, 0.15) is 12.4 Å². The number of carbonyl (C=O) groups is 1. The molecule has 2 heterocycles. The molecule has 7 nitrogen and oxygen atoms in total. The van der Waals surface area contributed by atoms with E-state index in [1.807, 2.05) is 6.07 Å². The SMILES string of the molecule is CCOC(=O)c1n[nH]c(Cn2cccn2)n1. The van der Waals surface area contributed by atoms with Crippen LogP contribution in [-0.2, 0) is 11.3 Å². The Morgan fingerprint density at radius 3 is 3.19 bits per heavy atom. The zero-order chi connectivity index (χ0) is 11.4. The van der Waals surface area contributed by atoms with Crippen LogP contribution >= 0.6 is 0 Å². The third-order valence-corrected chi connectivity index (χ3v) is 1.86. The first-order valence-electron chi connectivity index (χ1n) is 4.85. The summed E-state index contributed by atoms with van der Waals surface area (Å²) in [6, 6.07) is 1.81. The van der Waals surface area contributed by atoms with Crippen LogP contribution in [0.15, 0.2) is 18.5 Å². The number of nitrogens with zero attached hydrogens (tertiary/aromatic N) is 4. The maximum Gasteiger partial charge on any atom is 0.378 e. The van der Waals surface area contributed by atoms with Gasteiger partial charge in [-0.05, 0) is 13.0 Å². The predicted octanol–water partition coefficient (Wildman–Crippen LogP) is 0.226. The lowest BCUT2D eigenvalue weighted by atomic mass is 10.6. The first kappa shape index (κ1) is 10.3. The Labute approximate surface area is 91.4 Å². The fourth-order valence-corrected chi connectivity index (χ4v) is 1.20. The molecule has 0 amide bonds. The standard InChI is InChI=1S/C9H11N5O2/c1-2-16-9(15)8-11-7(12-13-8)6-14-5-3-4-10-14/h3-5H,2,6H2,1H3,(H,11,12,13). The van der Waals surface area contributed by atoms with Crippen molar-refractivity contribution < 1.29 is 9.53 Å². The first-order valence-corrected chi connectivity index (χ1v) is 4.85. The fraction of sp³-hybridized carbons (Fsp3) is 0.333. The van der Waals surface area contributed by atoms with Crippen LogP contribution in [0, 0.1) is 0 Å². The largest absolute Gasteiger partial charge is 0.460 e. The zero-order valence-corrected chi connectivity index (χ0v) is 8.75. The van der Waals surface area contributed by atoms with E-state index in [1.165, 1.54) is 0 Å². The van der Waals surface area contributed by atoms with Gasteiger partial charge in [0.15, 0.2) is 0 Å². The second-order valence-corrected chi connectivity index (χ2v) is 3.03. The number of hydrogen-bond acceptors (Lipinski definition) is 5. The topological polar surface area (TPSA) is 85.7 Å². The summed E-state index contributed by atoms with van der Waals surface area (Å²) >= 11 is 0. The minimum absolute atomic E-state index is 0.0454. The Morgan fingerprint density at radius 2 is 2.50 bits per heavy atom. The summed E-state index contributed by atoms with van der Waals surface area (Å²) in [6.45, 7) is 2.48. The molecular weight excluding hydrogens is 210 g/mol. The van der Waals surface area contributed by atoms with E-state index in [9.17, 15) is 4.79 Å². The molecule has 0 spiro atoms. The van der Waals surface area contributed by atoms with E-state index in [0.717, 1.165) is 0 Å². The van der Waals surface area contributed by atoms with Gasteiger partial charge in [0.05, 0.1) is 6.61 Å². The normalized spacial score (nSPS) is 10.3. The highest BCUT2D eigenvalue weighted by Gasteiger charge is 2.13. The molecule has 0 unspecified atom stereocenters. The van der Waals surface area contributed by atoms with Gasteiger partial charge in [-0.25, -0.2) is 9.78 Å². The molecule has 0 aliphatic carbocycles. The van der Waals surface area contributed by atoms with Gasteiger partial charge in [-0.3, -0.25) is 9.78 Å². The van der Waals surface area contributed by atoms with Gasteiger partial charge in [0, 0.05) is 12.4 Å². The van der Waals surface area contributed by atoms with Crippen LogP contribution in [0.3, 0.4) is 0 Å². The summed E-state index contributed by atoms with van der Waals surface area (Å²) in [5.74, 6) is 0.0845. The molecule has 2 aromatic heterocycles. The molecule has 7 heteroatoms. The van der Waals surface area contributed by atoms with Crippen LogP contribution in [-0.4, -0.2) is 37.5 Å². The third-order valence-electron chi connectivity index (χ3n) is 1.86.